The van der Waals surface area contributed by atoms with E-state index < -0.39 is 17.7 Å². The van der Waals surface area contributed by atoms with E-state index in [0.29, 0.717) is 72.1 Å². The molecule has 0 saturated carbocycles. The van der Waals surface area contributed by atoms with Crippen molar-refractivity contribution in [1.29, 1.82) is 0 Å². The number of ether oxygens (including phenoxy) is 1. The van der Waals surface area contributed by atoms with E-state index in [1.165, 1.54) is 6.07 Å². The molecule has 34 heavy (non-hydrogen) atoms. The molecule has 0 bridgehead atoms. The molecule has 1 aliphatic rings. The molecule has 2 N–H and O–H groups in total. The number of nitrogens with zero attached hydrogens (tertiary/aromatic N) is 3. The van der Waals surface area contributed by atoms with Crippen molar-refractivity contribution in [3.8, 4) is 0 Å². The topological polar surface area (TPSA) is 79.1 Å². The number of hydrogen-bond donors (Lipinski definition) is 2. The first-order valence-corrected chi connectivity index (χ1v) is 11.6. The van der Waals surface area contributed by atoms with E-state index in [2.05, 4.69) is 10.3 Å². The van der Waals surface area contributed by atoms with Gasteiger partial charge in [-0.05, 0) is 38.0 Å². The first-order chi connectivity index (χ1) is 16.3. The number of halogens is 2. The lowest BCUT2D eigenvalue weighted by Crippen LogP contribution is -2.40. The molecule has 1 aromatic carbocycles. The highest BCUT2D eigenvalue weighted by Crippen LogP contribution is 2.32. The molecular formula is C25H30F2N4O3. The average Bonchev–Trinajstić information content (AvgIpc) is 3.13. The lowest BCUT2D eigenvalue weighted by atomic mass is 9.96. The Morgan fingerprint density at radius 3 is 2.62 bits per heavy atom. The number of morpholine rings is 1. The molecule has 1 fully saturated rings. The summed E-state index contributed by atoms with van der Waals surface area (Å²) >= 11 is 0. The van der Waals surface area contributed by atoms with Gasteiger partial charge in [-0.1, -0.05) is 13.3 Å². The van der Waals surface area contributed by atoms with Crippen LogP contribution in [0.4, 0.5) is 14.5 Å². The number of amides is 1. The third kappa shape index (κ3) is 4.63. The van der Waals surface area contributed by atoms with Gasteiger partial charge in [-0.15, -0.1) is 0 Å². The zero-order chi connectivity index (χ0) is 24.4. The third-order valence-corrected chi connectivity index (χ3v) is 6.27. The molecule has 1 saturated heterocycles. The average molecular weight is 473 g/mol. The predicted molar refractivity (Wildman–Crippen MR) is 125 cm³/mol. The molecule has 0 aliphatic carbocycles. The van der Waals surface area contributed by atoms with Crippen molar-refractivity contribution in [3.05, 3.63) is 64.1 Å². The number of carbonyl (C=O) groups excluding carboxylic acids is 1. The number of anilines is 1. The maximum atomic E-state index is 14.9. The van der Waals surface area contributed by atoms with E-state index in [4.69, 9.17) is 4.74 Å². The molecule has 3 aromatic rings. The second-order valence-electron chi connectivity index (χ2n) is 8.65. The Balaban J connectivity index is 1.82. The van der Waals surface area contributed by atoms with Gasteiger partial charge in [0.25, 0.3) is 5.91 Å². The summed E-state index contributed by atoms with van der Waals surface area (Å²) in [5, 5.41) is 13.3. The van der Waals surface area contributed by atoms with Gasteiger partial charge in [0.15, 0.2) is 5.65 Å². The van der Waals surface area contributed by atoms with E-state index in [9.17, 15) is 18.7 Å². The number of carbonyl (C=O) groups is 1. The summed E-state index contributed by atoms with van der Waals surface area (Å²) in [6.45, 7) is 7.17. The summed E-state index contributed by atoms with van der Waals surface area (Å²) in [5.41, 5.74) is 3.61. The highest BCUT2D eigenvalue weighted by Gasteiger charge is 2.24. The van der Waals surface area contributed by atoms with Crippen LogP contribution in [-0.4, -0.2) is 51.6 Å². The molecule has 0 radical (unpaired) electrons. The van der Waals surface area contributed by atoms with Crippen LogP contribution in [0.2, 0.25) is 0 Å². The summed E-state index contributed by atoms with van der Waals surface area (Å²) in [4.78, 5) is 19.6. The first kappa shape index (κ1) is 24.1. The Hall–Kier alpha value is -3.04. The summed E-state index contributed by atoms with van der Waals surface area (Å²) in [6.07, 6.45) is 3.03. The number of rotatable bonds is 7. The Bertz CT molecular complexity index is 1180. The van der Waals surface area contributed by atoms with Crippen molar-refractivity contribution in [2.75, 3.05) is 31.6 Å². The van der Waals surface area contributed by atoms with Gasteiger partial charge in [-0.2, -0.15) is 0 Å². The molecule has 3 heterocycles. The molecule has 0 spiro atoms. The minimum absolute atomic E-state index is 0.153. The third-order valence-electron chi connectivity index (χ3n) is 6.27. The van der Waals surface area contributed by atoms with Crippen molar-refractivity contribution >= 4 is 17.2 Å². The van der Waals surface area contributed by atoms with Crippen molar-refractivity contribution in [1.82, 2.24) is 14.3 Å². The van der Waals surface area contributed by atoms with Gasteiger partial charge in [0.05, 0.1) is 48.5 Å². The zero-order valence-electron chi connectivity index (χ0n) is 19.7. The Kier molecular flexibility index (Phi) is 7.13. The van der Waals surface area contributed by atoms with Gasteiger partial charge in [0.1, 0.15) is 11.6 Å². The van der Waals surface area contributed by atoms with Gasteiger partial charge in [0, 0.05) is 30.9 Å². The van der Waals surface area contributed by atoms with E-state index in [-0.39, 0.29) is 12.5 Å². The zero-order valence-corrected chi connectivity index (χ0v) is 19.7. The number of benzene rings is 1. The molecule has 182 valence electrons. The van der Waals surface area contributed by atoms with Crippen molar-refractivity contribution in [2.45, 2.75) is 46.3 Å². The van der Waals surface area contributed by atoms with Crippen LogP contribution in [0.5, 0.6) is 0 Å². The van der Waals surface area contributed by atoms with Crippen LogP contribution in [0.1, 0.15) is 58.7 Å². The quantitative estimate of drug-likeness (QED) is 0.540. The predicted octanol–water partition coefficient (Wildman–Crippen LogP) is 4.15. The van der Waals surface area contributed by atoms with Crippen LogP contribution in [0, 0.1) is 25.5 Å². The van der Waals surface area contributed by atoms with Gasteiger partial charge >= 0.3 is 0 Å². The van der Waals surface area contributed by atoms with Crippen LogP contribution in [0.15, 0.2) is 24.4 Å². The SMILES string of the molecule is CCCC(Nc1cc(C(=O)N2CCOCC2)cn2c(CO)c(C)nc12)c1c(C)cc(F)cc1F. The summed E-state index contributed by atoms with van der Waals surface area (Å²) in [5.74, 6) is -1.39. The summed E-state index contributed by atoms with van der Waals surface area (Å²) in [6, 6.07) is 3.47. The lowest BCUT2D eigenvalue weighted by molar-refractivity contribution is 0.0302. The molecule has 2 aromatic heterocycles. The highest BCUT2D eigenvalue weighted by molar-refractivity contribution is 5.96. The lowest BCUT2D eigenvalue weighted by Gasteiger charge is -2.27. The van der Waals surface area contributed by atoms with Crippen molar-refractivity contribution in [3.63, 3.8) is 0 Å². The largest absolute Gasteiger partial charge is 0.390 e. The minimum atomic E-state index is -0.619. The number of hydrogen-bond acceptors (Lipinski definition) is 5. The number of aliphatic hydroxyl groups is 1. The fraction of sp³-hybridized carbons (Fsp3) is 0.440. The van der Waals surface area contributed by atoms with E-state index in [1.807, 2.05) is 6.92 Å². The second-order valence-corrected chi connectivity index (χ2v) is 8.65. The van der Waals surface area contributed by atoms with Crippen LogP contribution in [0.25, 0.3) is 5.65 Å². The maximum absolute atomic E-state index is 14.9. The molecule has 1 atom stereocenters. The number of imidazole rings is 1. The number of aliphatic hydroxyl groups excluding tert-OH is 1. The van der Waals surface area contributed by atoms with E-state index in [0.717, 1.165) is 12.5 Å². The van der Waals surface area contributed by atoms with Gasteiger partial charge in [0.2, 0.25) is 0 Å². The maximum Gasteiger partial charge on any atom is 0.255 e. The molecule has 1 unspecified atom stereocenters. The van der Waals surface area contributed by atoms with E-state index in [1.54, 1.807) is 35.4 Å². The van der Waals surface area contributed by atoms with Crippen LogP contribution < -0.4 is 5.32 Å². The molecule has 1 amide bonds. The Labute approximate surface area is 197 Å². The standard InChI is InChI=1S/C25H30F2N4O3/c1-4-5-20(23-15(2)10-18(26)12-19(23)27)29-21-11-17(25(33)30-6-8-34-9-7-30)13-31-22(14-32)16(3)28-24(21)31/h10-13,20,29,32H,4-9,14H2,1-3H3. The molecule has 7 nitrogen and oxygen atoms in total. The van der Waals surface area contributed by atoms with Crippen molar-refractivity contribution < 1.29 is 23.4 Å². The Morgan fingerprint density at radius 1 is 1.24 bits per heavy atom. The number of nitrogens with one attached hydrogen (secondary N) is 1. The summed E-state index contributed by atoms with van der Waals surface area (Å²) < 4.78 is 35.7. The fourth-order valence-electron chi connectivity index (χ4n) is 4.59. The fourth-order valence-corrected chi connectivity index (χ4v) is 4.59. The smallest absolute Gasteiger partial charge is 0.255 e. The first-order valence-electron chi connectivity index (χ1n) is 11.6. The van der Waals surface area contributed by atoms with Crippen LogP contribution >= 0.6 is 0 Å². The highest BCUT2D eigenvalue weighted by atomic mass is 19.1. The summed E-state index contributed by atoms with van der Waals surface area (Å²) in [7, 11) is 0. The number of aromatic nitrogens is 2. The molecule has 4 rings (SSSR count). The van der Waals surface area contributed by atoms with Crippen LogP contribution in [0.3, 0.4) is 0 Å². The van der Waals surface area contributed by atoms with Gasteiger partial charge in [-0.25, -0.2) is 13.8 Å². The second kappa shape index (κ2) is 10.1. The molecule has 1 aliphatic heterocycles. The molecular weight excluding hydrogens is 442 g/mol. The van der Waals surface area contributed by atoms with E-state index >= 15 is 0 Å². The van der Waals surface area contributed by atoms with Crippen molar-refractivity contribution in [2.24, 2.45) is 0 Å². The monoisotopic (exact) mass is 472 g/mol. The number of aryl methyl sites for hydroxylation is 2. The number of pyridine rings is 1. The molecule has 9 heteroatoms. The van der Waals surface area contributed by atoms with Gasteiger partial charge < -0.3 is 20.1 Å². The van der Waals surface area contributed by atoms with Gasteiger partial charge in [-0.3, -0.25) is 9.20 Å². The van der Waals surface area contributed by atoms with Crippen LogP contribution in [-0.2, 0) is 11.3 Å². The minimum Gasteiger partial charge on any atom is -0.390 e. The number of fused-ring (bicyclic) bond motifs is 1. The Morgan fingerprint density at radius 2 is 1.97 bits per heavy atom. The normalized spacial score (nSPS) is 15.1.